The fourth-order valence-corrected chi connectivity index (χ4v) is 1.13. The third-order valence-corrected chi connectivity index (χ3v) is 1.69. The number of hydrogen-bond donors (Lipinski definition) is 3. The van der Waals surface area contributed by atoms with Crippen LogP contribution in [0, 0.1) is 0 Å². The zero-order chi connectivity index (χ0) is 8.72. The van der Waals surface area contributed by atoms with Crippen molar-refractivity contribution in [2.24, 2.45) is 0 Å². The average Bonchev–Trinajstić information content (AvgIpc) is 2.33. The minimum Gasteiger partial charge on any atom is -0.346 e. The Labute approximate surface area is 65.6 Å². The number of hydrogen-bond acceptors (Lipinski definition) is 3. The van der Waals surface area contributed by atoms with Crippen molar-refractivity contribution in [3.63, 3.8) is 0 Å². The second-order valence-corrected chi connectivity index (χ2v) is 2.44. The smallest absolute Gasteiger partial charge is 0.326 e. The molecule has 6 nitrogen and oxygen atoms in total. The summed E-state index contributed by atoms with van der Waals surface area (Å²) in [4.78, 5) is 36.9. The first-order valence-corrected chi connectivity index (χ1v) is 3.32. The third-order valence-electron chi connectivity index (χ3n) is 1.69. The van der Waals surface area contributed by atoms with E-state index in [0.717, 1.165) is 0 Å². The lowest BCUT2D eigenvalue weighted by molar-refractivity contribution is 0.0961. The molecule has 0 saturated carbocycles. The average molecular weight is 167 g/mol. The van der Waals surface area contributed by atoms with Crippen molar-refractivity contribution in [2.45, 2.75) is 6.54 Å². The molecule has 1 aromatic rings. The number of rotatable bonds is 0. The van der Waals surface area contributed by atoms with Gasteiger partial charge in [0.2, 0.25) is 0 Å². The summed E-state index contributed by atoms with van der Waals surface area (Å²) in [6.07, 6.45) is 0. The molecule has 12 heavy (non-hydrogen) atoms. The van der Waals surface area contributed by atoms with E-state index >= 15 is 0 Å². The first-order valence-electron chi connectivity index (χ1n) is 3.32. The summed E-state index contributed by atoms with van der Waals surface area (Å²) in [7, 11) is 0. The first-order chi connectivity index (χ1) is 5.68. The summed E-state index contributed by atoms with van der Waals surface area (Å²) in [5, 5.41) is 2.42. The summed E-state index contributed by atoms with van der Waals surface area (Å²) in [6, 6.07) is 0. The van der Waals surface area contributed by atoms with Gasteiger partial charge in [-0.2, -0.15) is 0 Å². The first kappa shape index (κ1) is 6.84. The van der Waals surface area contributed by atoms with Crippen LogP contribution < -0.4 is 16.6 Å². The van der Waals surface area contributed by atoms with Crippen LogP contribution in [0.15, 0.2) is 9.59 Å². The number of nitrogens with one attached hydrogen (secondary N) is 3. The van der Waals surface area contributed by atoms with Gasteiger partial charge in [0.05, 0.1) is 12.1 Å². The van der Waals surface area contributed by atoms with Crippen LogP contribution in [-0.2, 0) is 6.54 Å². The maximum Gasteiger partial charge on any atom is 0.326 e. The predicted octanol–water partition coefficient (Wildman–Crippen LogP) is -1.69. The Hall–Kier alpha value is -1.85. The molecule has 2 rings (SSSR count). The van der Waals surface area contributed by atoms with Crippen LogP contribution in [-0.4, -0.2) is 15.9 Å². The Morgan fingerprint density at radius 2 is 1.83 bits per heavy atom. The molecule has 0 radical (unpaired) electrons. The van der Waals surface area contributed by atoms with Crippen molar-refractivity contribution in [1.29, 1.82) is 0 Å². The van der Waals surface area contributed by atoms with Crippen LogP contribution in [0.5, 0.6) is 0 Å². The van der Waals surface area contributed by atoms with Crippen LogP contribution in [0.4, 0.5) is 0 Å². The molecule has 3 N–H and O–H groups in total. The molecule has 0 atom stereocenters. The number of fused-ring (bicyclic) bond motifs is 1. The van der Waals surface area contributed by atoms with Gasteiger partial charge in [-0.25, -0.2) is 4.79 Å². The molecular weight excluding hydrogens is 162 g/mol. The monoisotopic (exact) mass is 167 g/mol. The van der Waals surface area contributed by atoms with Gasteiger partial charge in [-0.05, 0) is 0 Å². The highest BCUT2D eigenvalue weighted by Gasteiger charge is 2.22. The summed E-state index contributed by atoms with van der Waals surface area (Å²) in [5.74, 6) is -0.409. The normalized spacial score (nSPS) is 14.2. The molecule has 0 aliphatic carbocycles. The molecule has 0 fully saturated rings. The maximum absolute atomic E-state index is 11.0. The van der Waals surface area contributed by atoms with Crippen LogP contribution in [0.2, 0.25) is 0 Å². The van der Waals surface area contributed by atoms with Gasteiger partial charge in [-0.1, -0.05) is 0 Å². The minimum absolute atomic E-state index is 0.0729. The van der Waals surface area contributed by atoms with Crippen molar-refractivity contribution in [3.8, 4) is 0 Å². The molecule has 2 heterocycles. The topological polar surface area (TPSA) is 94.8 Å². The van der Waals surface area contributed by atoms with E-state index in [1.807, 2.05) is 4.98 Å². The lowest BCUT2D eigenvalue weighted by atomic mass is 10.3. The minimum atomic E-state index is -0.657. The second-order valence-electron chi connectivity index (χ2n) is 2.44. The van der Waals surface area contributed by atoms with Crippen molar-refractivity contribution >= 4 is 5.91 Å². The van der Waals surface area contributed by atoms with Gasteiger partial charge >= 0.3 is 5.69 Å². The largest absolute Gasteiger partial charge is 0.346 e. The summed E-state index contributed by atoms with van der Waals surface area (Å²) in [6.45, 7) is 0.181. The lowest BCUT2D eigenvalue weighted by Gasteiger charge is -1.90. The summed E-state index contributed by atoms with van der Waals surface area (Å²) >= 11 is 0. The highest BCUT2D eigenvalue weighted by atomic mass is 16.2. The standard InChI is InChI=1S/C6H5N3O3/c10-4-2-1-7-5(11)3(2)8-6(12)9-4/h1H2,(H,7,11)(H2,8,9,10,12). The van der Waals surface area contributed by atoms with Crippen molar-refractivity contribution in [1.82, 2.24) is 15.3 Å². The fourth-order valence-electron chi connectivity index (χ4n) is 1.13. The molecule has 0 unspecified atom stereocenters. The van der Waals surface area contributed by atoms with Gasteiger partial charge < -0.3 is 10.3 Å². The van der Waals surface area contributed by atoms with E-state index < -0.39 is 17.2 Å². The quantitative estimate of drug-likeness (QED) is 0.430. The highest BCUT2D eigenvalue weighted by molar-refractivity contribution is 5.96. The van der Waals surface area contributed by atoms with Crippen LogP contribution in [0.1, 0.15) is 16.1 Å². The molecular formula is C6H5N3O3. The summed E-state index contributed by atoms with van der Waals surface area (Å²) < 4.78 is 0. The number of carbonyl (C=O) groups is 1. The Kier molecular flexibility index (Phi) is 1.18. The molecule has 6 heteroatoms. The van der Waals surface area contributed by atoms with Crippen molar-refractivity contribution in [2.75, 3.05) is 0 Å². The van der Waals surface area contributed by atoms with Gasteiger partial charge in [0.15, 0.2) is 0 Å². The SMILES string of the molecule is O=C1NCc2c1[nH]c(=O)[nH]c2=O. The zero-order valence-electron chi connectivity index (χ0n) is 5.93. The number of aromatic amines is 2. The molecule has 0 saturated heterocycles. The molecule has 1 aliphatic heterocycles. The van der Waals surface area contributed by atoms with E-state index in [4.69, 9.17) is 0 Å². The fraction of sp³-hybridized carbons (Fsp3) is 0.167. The molecule has 0 spiro atoms. The molecule has 0 bridgehead atoms. The highest BCUT2D eigenvalue weighted by Crippen LogP contribution is 2.03. The van der Waals surface area contributed by atoms with E-state index in [1.54, 1.807) is 0 Å². The molecule has 0 aromatic carbocycles. The second kappa shape index (κ2) is 2.07. The number of carbonyl (C=O) groups excluding carboxylic acids is 1. The van der Waals surface area contributed by atoms with E-state index in [2.05, 4.69) is 10.3 Å². The predicted molar refractivity (Wildman–Crippen MR) is 38.9 cm³/mol. The molecule has 62 valence electrons. The van der Waals surface area contributed by atoms with Gasteiger partial charge in [0, 0.05) is 0 Å². The number of H-pyrrole nitrogens is 2. The molecule has 1 amide bonds. The van der Waals surface area contributed by atoms with Crippen LogP contribution >= 0.6 is 0 Å². The molecule has 1 aliphatic rings. The van der Waals surface area contributed by atoms with Crippen LogP contribution in [0.25, 0.3) is 0 Å². The molecule has 1 aromatic heterocycles. The van der Waals surface area contributed by atoms with E-state index in [1.165, 1.54) is 0 Å². The zero-order valence-corrected chi connectivity index (χ0v) is 5.93. The van der Waals surface area contributed by atoms with Gasteiger partial charge in [-0.15, -0.1) is 0 Å². The van der Waals surface area contributed by atoms with Gasteiger partial charge in [-0.3, -0.25) is 14.6 Å². The number of aromatic nitrogens is 2. The van der Waals surface area contributed by atoms with Crippen molar-refractivity contribution < 1.29 is 4.79 Å². The Bertz CT molecular complexity index is 456. The van der Waals surface area contributed by atoms with Crippen molar-refractivity contribution in [3.05, 3.63) is 32.1 Å². The Morgan fingerprint density at radius 1 is 1.08 bits per heavy atom. The number of amides is 1. The third kappa shape index (κ3) is 0.777. The van der Waals surface area contributed by atoms with E-state index in [0.29, 0.717) is 5.56 Å². The van der Waals surface area contributed by atoms with E-state index in [-0.39, 0.29) is 12.2 Å². The maximum atomic E-state index is 11.0. The van der Waals surface area contributed by atoms with Crippen LogP contribution in [0.3, 0.4) is 0 Å². The van der Waals surface area contributed by atoms with E-state index in [9.17, 15) is 14.4 Å². The Balaban J connectivity index is 2.85. The Morgan fingerprint density at radius 3 is 2.58 bits per heavy atom. The van der Waals surface area contributed by atoms with Gasteiger partial charge in [0.1, 0.15) is 5.69 Å². The lowest BCUT2D eigenvalue weighted by Crippen LogP contribution is -2.26. The summed E-state index contributed by atoms with van der Waals surface area (Å²) in [5.41, 5.74) is -0.800. The van der Waals surface area contributed by atoms with Gasteiger partial charge in [0.25, 0.3) is 11.5 Å².